The number of rotatable bonds is 3. The number of hydrogen-bond donors (Lipinski definition) is 1. The molecule has 1 atom stereocenters. The molecule has 0 radical (unpaired) electrons. The van der Waals surface area contributed by atoms with Gasteiger partial charge in [-0.3, -0.25) is 9.59 Å². The monoisotopic (exact) mass is 344 g/mol. The van der Waals surface area contributed by atoms with Crippen LogP contribution in [-0.4, -0.2) is 26.8 Å². The summed E-state index contributed by atoms with van der Waals surface area (Å²) in [5.41, 5.74) is 5.96. The predicted molar refractivity (Wildman–Crippen MR) is 89.0 cm³/mol. The van der Waals surface area contributed by atoms with E-state index < -0.39 is 26.9 Å². The lowest BCUT2D eigenvalue weighted by Gasteiger charge is -2.20. The summed E-state index contributed by atoms with van der Waals surface area (Å²) in [4.78, 5) is 25.1. The van der Waals surface area contributed by atoms with Crippen LogP contribution in [0.2, 0.25) is 0 Å². The summed E-state index contributed by atoms with van der Waals surface area (Å²) >= 11 is 0. The Balaban J connectivity index is 2.20. The van der Waals surface area contributed by atoms with Gasteiger partial charge >= 0.3 is 0 Å². The molecule has 0 saturated carbocycles. The molecule has 0 aliphatic carbocycles. The summed E-state index contributed by atoms with van der Waals surface area (Å²) in [7, 11) is -3.79. The minimum absolute atomic E-state index is 0.0333. The first kappa shape index (κ1) is 16.2. The molecule has 2 amide bonds. The van der Waals surface area contributed by atoms with Crippen LogP contribution in [0.1, 0.15) is 17.2 Å². The molecule has 0 aromatic heterocycles. The summed E-state index contributed by atoms with van der Waals surface area (Å²) in [5.74, 6) is -1.15. The predicted octanol–water partition coefficient (Wildman–Crippen LogP) is 1.42. The lowest BCUT2D eigenvalue weighted by Crippen LogP contribution is -2.38. The van der Waals surface area contributed by atoms with Gasteiger partial charge in [-0.15, -0.1) is 0 Å². The molecule has 1 heterocycles. The van der Waals surface area contributed by atoms with Gasteiger partial charge in [-0.2, -0.15) is 0 Å². The highest BCUT2D eigenvalue weighted by Gasteiger charge is 2.39. The Morgan fingerprint density at radius 3 is 2.38 bits per heavy atom. The highest BCUT2D eigenvalue weighted by atomic mass is 32.2. The number of para-hydroxylation sites is 1. The average Bonchev–Trinajstić information content (AvgIpc) is 2.64. The van der Waals surface area contributed by atoms with Gasteiger partial charge in [0.05, 0.1) is 15.8 Å². The van der Waals surface area contributed by atoms with E-state index in [9.17, 15) is 18.0 Å². The van der Waals surface area contributed by atoms with Crippen molar-refractivity contribution in [1.29, 1.82) is 0 Å². The number of benzene rings is 2. The van der Waals surface area contributed by atoms with E-state index in [0.29, 0.717) is 5.56 Å². The van der Waals surface area contributed by atoms with Crippen LogP contribution < -0.4 is 10.6 Å². The van der Waals surface area contributed by atoms with Crippen molar-refractivity contribution in [2.45, 2.75) is 16.6 Å². The van der Waals surface area contributed by atoms with Crippen molar-refractivity contribution in [3.63, 3.8) is 0 Å². The summed E-state index contributed by atoms with van der Waals surface area (Å²) in [6.45, 7) is -0.354. The highest BCUT2D eigenvalue weighted by molar-refractivity contribution is 7.92. The molecule has 2 aromatic rings. The molecule has 7 heteroatoms. The van der Waals surface area contributed by atoms with Gasteiger partial charge in [0.2, 0.25) is 11.8 Å². The average molecular weight is 344 g/mol. The van der Waals surface area contributed by atoms with E-state index in [-0.39, 0.29) is 23.5 Å². The number of carbonyl (C=O) groups is 2. The molecular weight excluding hydrogens is 328 g/mol. The normalized spacial score (nSPS) is 19.4. The molecule has 2 N–H and O–H groups in total. The Bertz CT molecular complexity index is 894. The zero-order chi connectivity index (χ0) is 17.3. The first-order valence-electron chi connectivity index (χ1n) is 7.38. The van der Waals surface area contributed by atoms with E-state index in [1.165, 1.54) is 12.1 Å². The van der Waals surface area contributed by atoms with E-state index >= 15 is 0 Å². The minimum Gasteiger partial charge on any atom is -0.368 e. The molecule has 0 spiro atoms. The molecule has 24 heavy (non-hydrogen) atoms. The fraction of sp³-hybridized carbons (Fsp3) is 0.176. The van der Waals surface area contributed by atoms with Crippen molar-refractivity contribution >= 4 is 27.3 Å². The van der Waals surface area contributed by atoms with Crippen molar-refractivity contribution in [2.75, 3.05) is 11.4 Å². The number of nitrogens with two attached hydrogens (primary N) is 1. The van der Waals surface area contributed by atoms with Crippen LogP contribution in [0.15, 0.2) is 59.5 Å². The van der Waals surface area contributed by atoms with Crippen molar-refractivity contribution in [3.8, 4) is 0 Å². The topological polar surface area (TPSA) is 97.5 Å². The number of anilines is 1. The second-order valence-electron chi connectivity index (χ2n) is 5.56. The summed E-state index contributed by atoms with van der Waals surface area (Å²) in [5, 5.41) is -0.995. The van der Waals surface area contributed by atoms with Gasteiger partial charge in [-0.25, -0.2) is 8.42 Å². The van der Waals surface area contributed by atoms with Crippen molar-refractivity contribution in [1.82, 2.24) is 0 Å². The fourth-order valence-corrected chi connectivity index (χ4v) is 4.80. The van der Waals surface area contributed by atoms with Crippen molar-refractivity contribution in [2.24, 2.45) is 5.73 Å². The van der Waals surface area contributed by atoms with Crippen LogP contribution in [0.5, 0.6) is 0 Å². The standard InChI is InChI=1S/C17H16N2O4S/c18-16(20)11-19-13-8-4-5-9-14(13)24(22,23)15(10-17(19)21)12-6-2-1-3-7-12/h1-9,15H,10-11H2,(H2,18,20)/t15-/m1/s1. The van der Waals surface area contributed by atoms with Crippen LogP contribution in [0.4, 0.5) is 5.69 Å². The van der Waals surface area contributed by atoms with E-state index in [1.807, 2.05) is 0 Å². The van der Waals surface area contributed by atoms with Crippen molar-refractivity contribution < 1.29 is 18.0 Å². The third kappa shape index (κ3) is 2.78. The zero-order valence-corrected chi connectivity index (χ0v) is 13.6. The Hall–Kier alpha value is -2.67. The molecule has 1 aliphatic heterocycles. The third-order valence-electron chi connectivity index (χ3n) is 3.98. The van der Waals surface area contributed by atoms with Crippen LogP contribution in [0.3, 0.4) is 0 Å². The van der Waals surface area contributed by atoms with Gasteiger partial charge in [-0.1, -0.05) is 42.5 Å². The Labute approximate surface area is 139 Å². The number of primary amides is 1. The number of nitrogens with zero attached hydrogens (tertiary/aromatic N) is 1. The number of fused-ring (bicyclic) bond motifs is 1. The molecule has 0 saturated heterocycles. The third-order valence-corrected chi connectivity index (χ3v) is 6.13. The smallest absolute Gasteiger partial charge is 0.237 e. The Morgan fingerprint density at radius 2 is 1.71 bits per heavy atom. The van der Waals surface area contributed by atoms with E-state index in [2.05, 4.69) is 0 Å². The second-order valence-corrected chi connectivity index (χ2v) is 7.66. The number of hydrogen-bond acceptors (Lipinski definition) is 4. The molecule has 2 aromatic carbocycles. The van der Waals surface area contributed by atoms with Crippen LogP contribution in [-0.2, 0) is 19.4 Å². The SMILES string of the molecule is NC(=O)CN1C(=O)C[C@H](c2ccccc2)S(=O)(=O)c2ccccc21. The Kier molecular flexibility index (Phi) is 4.11. The lowest BCUT2D eigenvalue weighted by molar-refractivity contribution is -0.122. The van der Waals surface area contributed by atoms with Gasteiger partial charge in [0.1, 0.15) is 6.54 Å². The first-order chi connectivity index (χ1) is 11.4. The number of sulfone groups is 1. The van der Waals surface area contributed by atoms with Gasteiger partial charge < -0.3 is 10.6 Å². The van der Waals surface area contributed by atoms with Crippen LogP contribution in [0, 0.1) is 0 Å². The minimum atomic E-state index is -3.79. The van der Waals surface area contributed by atoms with Gasteiger partial charge in [0.25, 0.3) is 0 Å². The quantitative estimate of drug-likeness (QED) is 0.910. The molecular formula is C17H16N2O4S. The maximum Gasteiger partial charge on any atom is 0.237 e. The van der Waals surface area contributed by atoms with Crippen molar-refractivity contribution in [3.05, 3.63) is 60.2 Å². The molecule has 1 aliphatic rings. The Morgan fingerprint density at radius 1 is 1.08 bits per heavy atom. The zero-order valence-electron chi connectivity index (χ0n) is 12.8. The van der Waals surface area contributed by atoms with E-state index in [1.54, 1.807) is 42.5 Å². The second kappa shape index (κ2) is 6.09. The fourth-order valence-electron chi connectivity index (χ4n) is 2.88. The summed E-state index contributed by atoms with van der Waals surface area (Å²) in [6, 6.07) is 14.8. The first-order valence-corrected chi connectivity index (χ1v) is 8.92. The summed E-state index contributed by atoms with van der Waals surface area (Å²) < 4.78 is 26.2. The molecule has 0 unspecified atom stereocenters. The number of amides is 2. The summed E-state index contributed by atoms with van der Waals surface area (Å²) in [6.07, 6.45) is -0.242. The largest absolute Gasteiger partial charge is 0.368 e. The molecule has 3 rings (SSSR count). The maximum atomic E-state index is 13.1. The number of carbonyl (C=O) groups excluding carboxylic acids is 2. The van der Waals surface area contributed by atoms with Gasteiger partial charge in [0.15, 0.2) is 9.84 Å². The van der Waals surface area contributed by atoms with Gasteiger partial charge in [-0.05, 0) is 17.7 Å². The van der Waals surface area contributed by atoms with E-state index in [4.69, 9.17) is 5.73 Å². The van der Waals surface area contributed by atoms with E-state index in [0.717, 1.165) is 4.90 Å². The van der Waals surface area contributed by atoms with Crippen LogP contribution in [0.25, 0.3) is 0 Å². The van der Waals surface area contributed by atoms with Crippen LogP contribution >= 0.6 is 0 Å². The maximum absolute atomic E-state index is 13.1. The lowest BCUT2D eigenvalue weighted by atomic mass is 10.1. The molecule has 0 fully saturated rings. The molecule has 0 bridgehead atoms. The molecule has 6 nitrogen and oxygen atoms in total. The molecule has 124 valence electrons. The van der Waals surface area contributed by atoms with Gasteiger partial charge in [0, 0.05) is 6.42 Å². The highest BCUT2D eigenvalue weighted by Crippen LogP contribution is 2.40.